The molecular weight excluding hydrogens is 392 g/mol. The largest absolute Gasteiger partial charge is 0.351 e. The lowest BCUT2D eigenvalue weighted by Crippen LogP contribution is -2.34. The number of rotatable bonds is 6. The summed E-state index contributed by atoms with van der Waals surface area (Å²) in [7, 11) is 0. The topological polar surface area (TPSA) is 84.8 Å². The van der Waals surface area contributed by atoms with Crippen molar-refractivity contribution in [3.63, 3.8) is 0 Å². The highest BCUT2D eigenvalue weighted by Gasteiger charge is 2.21. The zero-order valence-corrected chi connectivity index (χ0v) is 17.9. The van der Waals surface area contributed by atoms with Crippen LogP contribution in [0.5, 0.6) is 0 Å². The van der Waals surface area contributed by atoms with Crippen molar-refractivity contribution in [2.75, 3.05) is 5.75 Å². The Morgan fingerprint density at radius 1 is 1.18 bits per heavy atom. The van der Waals surface area contributed by atoms with E-state index in [-0.39, 0.29) is 17.4 Å². The van der Waals surface area contributed by atoms with Gasteiger partial charge in [-0.3, -0.25) is 14.6 Å². The van der Waals surface area contributed by atoms with Crippen molar-refractivity contribution in [1.29, 1.82) is 0 Å². The molecule has 0 aliphatic carbocycles. The summed E-state index contributed by atoms with van der Waals surface area (Å²) in [5, 5.41) is 3.62. The lowest BCUT2D eigenvalue weighted by molar-refractivity contribution is -0.128. The molecule has 0 atom stereocenters. The molecule has 0 spiro atoms. The number of ketones is 1. The lowest BCUT2D eigenvalue weighted by Gasteiger charge is -2.17. The first kappa shape index (κ1) is 20.4. The van der Waals surface area contributed by atoms with Crippen molar-refractivity contribution in [2.45, 2.75) is 39.3 Å². The number of carbonyl (C=O) groups excluding carboxylic acids is 2. The van der Waals surface area contributed by atoms with Crippen LogP contribution in [0.15, 0.2) is 35.5 Å². The third-order valence-electron chi connectivity index (χ3n) is 3.92. The second kappa shape index (κ2) is 8.36. The molecular formula is C20H22N4O2S2. The number of hydrogen-bond acceptors (Lipinski definition) is 7. The molecule has 3 heterocycles. The highest BCUT2D eigenvalue weighted by atomic mass is 32.2. The number of aromatic nitrogens is 3. The molecule has 0 aliphatic rings. The van der Waals surface area contributed by atoms with E-state index in [0.717, 1.165) is 10.4 Å². The van der Waals surface area contributed by atoms with Gasteiger partial charge in [0.1, 0.15) is 16.4 Å². The van der Waals surface area contributed by atoms with E-state index in [4.69, 9.17) is 0 Å². The number of carbonyl (C=O) groups is 2. The van der Waals surface area contributed by atoms with Crippen LogP contribution in [-0.2, 0) is 11.3 Å². The van der Waals surface area contributed by atoms with E-state index in [1.165, 1.54) is 23.1 Å². The number of nitrogens with one attached hydrogen (secondary N) is 1. The number of nitrogens with zero attached hydrogens (tertiary/aromatic N) is 3. The molecule has 0 fully saturated rings. The molecule has 6 nitrogen and oxygen atoms in total. The summed E-state index contributed by atoms with van der Waals surface area (Å²) in [4.78, 5) is 39.3. The first-order chi connectivity index (χ1) is 13.2. The predicted octanol–water partition coefficient (Wildman–Crippen LogP) is 4.03. The molecule has 0 saturated heterocycles. The van der Waals surface area contributed by atoms with Crippen molar-refractivity contribution in [1.82, 2.24) is 20.3 Å². The van der Waals surface area contributed by atoms with Crippen LogP contribution >= 0.6 is 23.1 Å². The highest BCUT2D eigenvalue weighted by molar-refractivity contribution is 8.00. The SMILES string of the molecule is Cc1nc(SCC(=O)c2ccc(CNC(=O)C(C)(C)C)s2)c2ncccc2n1. The minimum atomic E-state index is -0.432. The number of hydrogen-bond donors (Lipinski definition) is 1. The Hall–Kier alpha value is -2.32. The first-order valence-electron chi connectivity index (χ1n) is 8.86. The third kappa shape index (κ3) is 4.94. The second-order valence-electron chi connectivity index (χ2n) is 7.36. The van der Waals surface area contributed by atoms with Gasteiger partial charge in [-0.2, -0.15) is 0 Å². The Morgan fingerprint density at radius 3 is 2.71 bits per heavy atom. The quantitative estimate of drug-likeness (QED) is 0.372. The van der Waals surface area contributed by atoms with Gasteiger partial charge in [0, 0.05) is 16.5 Å². The van der Waals surface area contributed by atoms with E-state index in [2.05, 4.69) is 20.3 Å². The smallest absolute Gasteiger partial charge is 0.225 e. The van der Waals surface area contributed by atoms with E-state index in [9.17, 15) is 9.59 Å². The van der Waals surface area contributed by atoms with Gasteiger partial charge in [-0.05, 0) is 31.2 Å². The van der Waals surface area contributed by atoms with E-state index < -0.39 is 5.41 Å². The minimum Gasteiger partial charge on any atom is -0.351 e. The summed E-state index contributed by atoms with van der Waals surface area (Å²) in [6.07, 6.45) is 1.70. The van der Waals surface area contributed by atoms with Crippen molar-refractivity contribution >= 4 is 45.8 Å². The standard InChI is InChI=1S/C20H22N4O2S2/c1-12-23-14-6-5-9-21-17(14)18(24-12)27-11-15(25)16-8-7-13(28-16)10-22-19(26)20(2,3)4/h5-9H,10-11H2,1-4H3,(H,22,26). The second-order valence-corrected chi connectivity index (χ2v) is 9.49. The average Bonchev–Trinajstić information content (AvgIpc) is 3.12. The molecule has 0 unspecified atom stereocenters. The van der Waals surface area contributed by atoms with Gasteiger partial charge in [0.05, 0.1) is 22.7 Å². The summed E-state index contributed by atoms with van der Waals surface area (Å²) in [6.45, 7) is 7.87. The van der Waals surface area contributed by atoms with Crippen LogP contribution in [0, 0.1) is 12.3 Å². The zero-order chi connectivity index (χ0) is 20.3. The van der Waals surface area contributed by atoms with Crippen LogP contribution in [-0.4, -0.2) is 32.4 Å². The molecule has 146 valence electrons. The van der Waals surface area contributed by atoms with E-state index >= 15 is 0 Å². The fourth-order valence-electron chi connectivity index (χ4n) is 2.41. The third-order valence-corrected chi connectivity index (χ3v) is 6.01. The van der Waals surface area contributed by atoms with Crippen molar-refractivity contribution in [2.24, 2.45) is 5.41 Å². The Kier molecular flexibility index (Phi) is 6.10. The lowest BCUT2D eigenvalue weighted by atomic mass is 9.96. The minimum absolute atomic E-state index is 0.0113. The molecule has 8 heteroatoms. The highest BCUT2D eigenvalue weighted by Crippen LogP contribution is 2.26. The Balaban J connectivity index is 1.64. The first-order valence-corrected chi connectivity index (χ1v) is 10.7. The van der Waals surface area contributed by atoms with Gasteiger partial charge < -0.3 is 5.32 Å². The number of fused-ring (bicyclic) bond motifs is 1. The van der Waals surface area contributed by atoms with Gasteiger partial charge in [-0.25, -0.2) is 9.97 Å². The van der Waals surface area contributed by atoms with Crippen molar-refractivity contribution in [3.05, 3.63) is 46.0 Å². The normalized spacial score (nSPS) is 11.6. The van der Waals surface area contributed by atoms with Gasteiger partial charge in [0.2, 0.25) is 5.91 Å². The molecule has 1 N–H and O–H groups in total. The van der Waals surface area contributed by atoms with Crippen LogP contribution in [0.3, 0.4) is 0 Å². The molecule has 1 amide bonds. The van der Waals surface area contributed by atoms with Crippen LogP contribution in [0.4, 0.5) is 0 Å². The number of pyridine rings is 1. The van der Waals surface area contributed by atoms with Crippen molar-refractivity contribution in [3.8, 4) is 0 Å². The van der Waals surface area contributed by atoms with E-state index in [0.29, 0.717) is 27.8 Å². The number of thioether (sulfide) groups is 1. The van der Waals surface area contributed by atoms with E-state index in [1.54, 1.807) is 6.20 Å². The Bertz CT molecular complexity index is 1020. The maximum Gasteiger partial charge on any atom is 0.225 e. The predicted molar refractivity (Wildman–Crippen MR) is 113 cm³/mol. The number of aryl methyl sites for hydroxylation is 1. The molecule has 3 aromatic heterocycles. The summed E-state index contributed by atoms with van der Waals surface area (Å²) in [5.41, 5.74) is 1.06. The van der Waals surface area contributed by atoms with Gasteiger partial charge in [-0.15, -0.1) is 11.3 Å². The van der Waals surface area contributed by atoms with Crippen LogP contribution in [0.2, 0.25) is 0 Å². The Labute approximate surface area is 172 Å². The van der Waals surface area contributed by atoms with Gasteiger partial charge >= 0.3 is 0 Å². The van der Waals surface area contributed by atoms with Crippen LogP contribution in [0.25, 0.3) is 11.0 Å². The summed E-state index contributed by atoms with van der Waals surface area (Å²) < 4.78 is 0. The number of amides is 1. The molecule has 3 rings (SSSR count). The maximum atomic E-state index is 12.6. The van der Waals surface area contributed by atoms with Gasteiger partial charge in [0.15, 0.2) is 5.78 Å². The molecule has 0 aliphatic heterocycles. The van der Waals surface area contributed by atoms with E-state index in [1.807, 2.05) is 52.0 Å². The fourth-order valence-corrected chi connectivity index (χ4v) is 4.30. The molecule has 0 aromatic carbocycles. The zero-order valence-electron chi connectivity index (χ0n) is 16.3. The average molecular weight is 415 g/mol. The number of thiophene rings is 1. The molecule has 0 bridgehead atoms. The van der Waals surface area contributed by atoms with Gasteiger partial charge in [-0.1, -0.05) is 32.5 Å². The fraction of sp³-hybridized carbons (Fsp3) is 0.350. The van der Waals surface area contributed by atoms with Crippen molar-refractivity contribution < 1.29 is 9.59 Å². The molecule has 3 aromatic rings. The van der Waals surface area contributed by atoms with Crippen LogP contribution < -0.4 is 5.32 Å². The molecule has 0 saturated carbocycles. The molecule has 28 heavy (non-hydrogen) atoms. The van der Waals surface area contributed by atoms with Gasteiger partial charge in [0.25, 0.3) is 0 Å². The summed E-state index contributed by atoms with van der Waals surface area (Å²) in [6, 6.07) is 7.42. The maximum absolute atomic E-state index is 12.6. The monoisotopic (exact) mass is 414 g/mol. The summed E-state index contributed by atoms with van der Waals surface area (Å²) >= 11 is 2.78. The number of Topliss-reactive ketones (excluding diaryl/α,β-unsaturated/α-hetero) is 1. The summed E-state index contributed by atoms with van der Waals surface area (Å²) in [5.74, 6) is 0.950. The molecule has 0 radical (unpaired) electrons. The Morgan fingerprint density at radius 2 is 1.96 bits per heavy atom. The van der Waals surface area contributed by atoms with Crippen LogP contribution in [0.1, 0.15) is 41.1 Å².